The van der Waals surface area contributed by atoms with Crippen molar-refractivity contribution in [1.29, 1.82) is 0 Å². The fourth-order valence-electron chi connectivity index (χ4n) is 0.865. The van der Waals surface area contributed by atoms with Crippen molar-refractivity contribution in [2.24, 2.45) is 10.9 Å². The van der Waals surface area contributed by atoms with Gasteiger partial charge in [-0.1, -0.05) is 6.07 Å². The maximum atomic E-state index is 12.9. The van der Waals surface area contributed by atoms with Crippen molar-refractivity contribution in [1.82, 2.24) is 0 Å². The van der Waals surface area contributed by atoms with Crippen LogP contribution in [0.25, 0.3) is 0 Å². The fourth-order valence-corrected chi connectivity index (χ4v) is 0.865. The molecule has 0 radical (unpaired) electrons. The van der Waals surface area contributed by atoms with E-state index in [0.29, 0.717) is 6.21 Å². The minimum absolute atomic E-state index is 0.642. The Morgan fingerprint density at radius 1 is 1.38 bits per heavy atom. The summed E-state index contributed by atoms with van der Waals surface area (Å²) in [5, 5.41) is 2.89. The molecule has 0 bridgehead atoms. The Kier molecular flexibility index (Phi) is 2.69. The maximum absolute atomic E-state index is 12.9. The summed E-state index contributed by atoms with van der Waals surface area (Å²) in [6.45, 7) is 0. The Balaban J connectivity index is 3.20. The van der Waals surface area contributed by atoms with Gasteiger partial charge in [-0.3, -0.25) is 4.79 Å². The Hall–Kier alpha value is -1.78. The summed E-state index contributed by atoms with van der Waals surface area (Å²) in [6.07, 6.45) is 0.654. The van der Waals surface area contributed by atoms with E-state index in [4.69, 9.17) is 0 Å². The Morgan fingerprint density at radius 3 is 2.38 bits per heavy atom. The van der Waals surface area contributed by atoms with Gasteiger partial charge in [0.25, 0.3) is 0 Å². The monoisotopic (exact) mass is 184 g/mol. The number of nitrogens with two attached hydrogens (primary N) is 1. The second-order valence-electron chi connectivity index (χ2n) is 2.24. The third kappa shape index (κ3) is 1.87. The molecule has 13 heavy (non-hydrogen) atoms. The molecule has 0 heterocycles. The molecule has 0 saturated carbocycles. The average molecular weight is 184 g/mol. The van der Waals surface area contributed by atoms with Gasteiger partial charge in [-0.2, -0.15) is 5.10 Å². The molecule has 0 fully saturated rings. The summed E-state index contributed by atoms with van der Waals surface area (Å²) in [5.41, 5.74) is -0.642. The summed E-state index contributed by atoms with van der Waals surface area (Å²) in [4.78, 5) is 11.0. The zero-order valence-corrected chi connectivity index (χ0v) is 6.50. The van der Waals surface area contributed by atoms with Crippen LogP contribution in [0.4, 0.5) is 8.78 Å². The molecule has 0 aliphatic rings. The van der Waals surface area contributed by atoms with Crippen LogP contribution in [-0.2, 0) is 0 Å². The molecule has 0 saturated heterocycles. The van der Waals surface area contributed by atoms with Crippen molar-refractivity contribution in [2.45, 2.75) is 0 Å². The number of hydrogen-bond donors (Lipinski definition) is 1. The summed E-state index contributed by atoms with van der Waals surface area (Å²) < 4.78 is 25.7. The molecule has 0 unspecified atom stereocenters. The average Bonchev–Trinajstić information content (AvgIpc) is 2.04. The molecule has 1 aromatic carbocycles. The van der Waals surface area contributed by atoms with E-state index >= 15 is 0 Å². The van der Waals surface area contributed by atoms with E-state index in [1.807, 2.05) is 0 Å². The van der Waals surface area contributed by atoms with Gasteiger partial charge in [0.1, 0.15) is 11.6 Å². The summed E-state index contributed by atoms with van der Waals surface area (Å²) >= 11 is 0. The summed E-state index contributed by atoms with van der Waals surface area (Å²) in [7, 11) is 0. The summed E-state index contributed by atoms with van der Waals surface area (Å²) in [5.74, 6) is 1.93. The number of rotatable bonds is 2. The van der Waals surface area contributed by atoms with Crippen molar-refractivity contribution >= 4 is 12.0 Å². The molecule has 1 aromatic rings. The second kappa shape index (κ2) is 3.75. The van der Waals surface area contributed by atoms with Gasteiger partial charge in [0, 0.05) is 0 Å². The predicted octanol–water partition coefficient (Wildman–Crippen LogP) is 1.09. The Labute approximate surface area is 72.9 Å². The minimum Gasteiger partial charge on any atom is -0.323 e. The Bertz CT molecular complexity index is 343. The first-order chi connectivity index (χ1) is 6.16. The highest BCUT2D eigenvalue weighted by molar-refractivity contribution is 6.35. The van der Waals surface area contributed by atoms with Crippen molar-refractivity contribution < 1.29 is 13.6 Å². The van der Waals surface area contributed by atoms with Crippen LogP contribution in [0.15, 0.2) is 23.3 Å². The lowest BCUT2D eigenvalue weighted by molar-refractivity contribution is 0.106. The van der Waals surface area contributed by atoms with Crippen LogP contribution < -0.4 is 5.84 Å². The van der Waals surface area contributed by atoms with Crippen molar-refractivity contribution in [3.63, 3.8) is 0 Å². The molecule has 0 aliphatic heterocycles. The van der Waals surface area contributed by atoms with Gasteiger partial charge >= 0.3 is 0 Å². The van der Waals surface area contributed by atoms with Crippen LogP contribution in [0, 0.1) is 11.6 Å². The van der Waals surface area contributed by atoms with E-state index in [1.165, 1.54) is 6.07 Å². The topological polar surface area (TPSA) is 55.4 Å². The van der Waals surface area contributed by atoms with Gasteiger partial charge in [0.05, 0.1) is 11.8 Å². The molecular formula is C8H6F2N2O. The van der Waals surface area contributed by atoms with Gasteiger partial charge in [-0.05, 0) is 12.1 Å². The molecule has 0 atom stereocenters. The highest BCUT2D eigenvalue weighted by Gasteiger charge is 2.14. The van der Waals surface area contributed by atoms with Crippen LogP contribution >= 0.6 is 0 Å². The number of hydrazone groups is 1. The molecular weight excluding hydrogens is 178 g/mol. The highest BCUT2D eigenvalue weighted by Crippen LogP contribution is 2.11. The van der Waals surface area contributed by atoms with Gasteiger partial charge in [-0.15, -0.1) is 0 Å². The number of halogens is 2. The lowest BCUT2D eigenvalue weighted by Crippen LogP contribution is -2.07. The van der Waals surface area contributed by atoms with Gasteiger partial charge in [-0.25, -0.2) is 8.78 Å². The number of benzene rings is 1. The first-order valence-electron chi connectivity index (χ1n) is 3.38. The second-order valence-corrected chi connectivity index (χ2v) is 2.24. The lowest BCUT2D eigenvalue weighted by Gasteiger charge is -1.98. The lowest BCUT2D eigenvalue weighted by atomic mass is 10.1. The third-order valence-electron chi connectivity index (χ3n) is 1.40. The largest absolute Gasteiger partial charge is 0.323 e. The number of nitrogens with zero attached hydrogens (tertiary/aromatic N) is 1. The number of Topliss-reactive ketones (excluding diaryl/α,β-unsaturated/α-hetero) is 1. The van der Waals surface area contributed by atoms with Crippen LogP contribution in [0.3, 0.4) is 0 Å². The quantitative estimate of drug-likeness (QED) is 0.324. The Morgan fingerprint density at radius 2 is 1.92 bits per heavy atom. The molecule has 0 amide bonds. The van der Waals surface area contributed by atoms with Crippen LogP contribution in [0.2, 0.25) is 0 Å². The number of ketones is 1. The van der Waals surface area contributed by atoms with Crippen LogP contribution in [0.1, 0.15) is 10.4 Å². The first kappa shape index (κ1) is 9.31. The fraction of sp³-hybridized carbons (Fsp3) is 0. The molecule has 0 aromatic heterocycles. The highest BCUT2D eigenvalue weighted by atomic mass is 19.1. The molecule has 0 aliphatic carbocycles. The SMILES string of the molecule is NN=CC(=O)c1c(F)cccc1F. The van der Waals surface area contributed by atoms with Gasteiger partial charge < -0.3 is 5.84 Å². The molecule has 0 spiro atoms. The molecule has 1 rings (SSSR count). The van der Waals surface area contributed by atoms with Crippen LogP contribution in [0.5, 0.6) is 0 Å². The maximum Gasteiger partial charge on any atom is 0.211 e. The smallest absolute Gasteiger partial charge is 0.211 e. The standard InChI is InChI=1S/C8H6F2N2O/c9-5-2-1-3-6(10)8(5)7(13)4-12-11/h1-4H,11H2. The van der Waals surface area contributed by atoms with Gasteiger partial charge in [0.2, 0.25) is 5.78 Å². The van der Waals surface area contributed by atoms with Crippen molar-refractivity contribution in [2.75, 3.05) is 0 Å². The first-order valence-corrected chi connectivity index (χ1v) is 3.38. The molecule has 68 valence electrons. The van der Waals surface area contributed by atoms with Crippen molar-refractivity contribution in [3.8, 4) is 0 Å². The number of hydrogen-bond acceptors (Lipinski definition) is 3. The van der Waals surface area contributed by atoms with E-state index in [-0.39, 0.29) is 0 Å². The summed E-state index contributed by atoms with van der Waals surface area (Å²) in [6, 6.07) is 3.14. The predicted molar refractivity (Wildman–Crippen MR) is 43.4 cm³/mol. The van der Waals surface area contributed by atoms with Crippen molar-refractivity contribution in [3.05, 3.63) is 35.4 Å². The van der Waals surface area contributed by atoms with E-state index in [9.17, 15) is 13.6 Å². The number of carbonyl (C=O) groups is 1. The number of carbonyl (C=O) groups excluding carboxylic acids is 1. The third-order valence-corrected chi connectivity index (χ3v) is 1.40. The molecule has 5 heteroatoms. The van der Waals surface area contributed by atoms with Gasteiger partial charge in [0.15, 0.2) is 0 Å². The zero-order chi connectivity index (χ0) is 9.84. The molecule has 2 N–H and O–H groups in total. The molecule has 3 nitrogen and oxygen atoms in total. The van der Waals surface area contributed by atoms with E-state index in [2.05, 4.69) is 10.9 Å². The van der Waals surface area contributed by atoms with E-state index in [0.717, 1.165) is 12.1 Å². The van der Waals surface area contributed by atoms with E-state index in [1.54, 1.807) is 0 Å². The van der Waals surface area contributed by atoms with E-state index < -0.39 is 23.0 Å². The van der Waals surface area contributed by atoms with Crippen LogP contribution in [-0.4, -0.2) is 12.0 Å². The zero-order valence-electron chi connectivity index (χ0n) is 6.50. The normalized spacial score (nSPS) is 10.6. The minimum atomic E-state index is -0.926.